The van der Waals surface area contributed by atoms with Crippen LogP contribution in [-0.2, 0) is 14.8 Å². The number of hydrogen-bond acceptors (Lipinski definition) is 3. The summed E-state index contributed by atoms with van der Waals surface area (Å²) in [4.78, 5) is 13.8. The van der Waals surface area contributed by atoms with Crippen LogP contribution in [0.3, 0.4) is 0 Å². The first kappa shape index (κ1) is 22.9. The first-order valence-corrected chi connectivity index (χ1v) is 13.2. The second kappa shape index (κ2) is 9.32. The fourth-order valence-electron chi connectivity index (χ4n) is 5.26. The number of Topliss-reactive ketones (excluding diaryl/α,β-unsaturated/α-hetero) is 1. The molecule has 0 radical (unpaired) electrons. The van der Waals surface area contributed by atoms with Crippen molar-refractivity contribution in [3.05, 3.63) is 76.9 Å². The van der Waals surface area contributed by atoms with Gasteiger partial charge in [-0.1, -0.05) is 79.4 Å². The summed E-state index contributed by atoms with van der Waals surface area (Å²) in [6.07, 6.45) is 3.76. The lowest BCUT2D eigenvalue weighted by Gasteiger charge is -2.25. The standard InChI is InChI=1S/C27H33NO3S/c1-4-5-9-22-16-17-28(32(30,31)23-14-12-19(2)13-15-23)18-24-20(3)27(29)26(25(22)24)21-10-7-6-8-11-21/h6-8,10-15,20,24,26H,4-5,9,16-18H2,1-3H3. The number of benzene rings is 2. The second-order valence-electron chi connectivity index (χ2n) is 9.23. The Labute approximate surface area is 192 Å². The van der Waals surface area contributed by atoms with E-state index >= 15 is 0 Å². The van der Waals surface area contributed by atoms with E-state index < -0.39 is 10.0 Å². The maximum absolute atomic E-state index is 13.5. The van der Waals surface area contributed by atoms with Gasteiger partial charge in [-0.05, 0) is 43.9 Å². The molecule has 32 heavy (non-hydrogen) atoms. The molecular weight excluding hydrogens is 418 g/mol. The van der Waals surface area contributed by atoms with Gasteiger partial charge in [-0.2, -0.15) is 4.31 Å². The van der Waals surface area contributed by atoms with Gasteiger partial charge in [-0.3, -0.25) is 4.79 Å². The van der Waals surface area contributed by atoms with E-state index in [9.17, 15) is 13.2 Å². The van der Waals surface area contributed by atoms with Crippen molar-refractivity contribution in [3.63, 3.8) is 0 Å². The lowest BCUT2D eigenvalue weighted by molar-refractivity contribution is -0.121. The number of aryl methyl sites for hydroxylation is 1. The van der Waals surface area contributed by atoms with Crippen LogP contribution < -0.4 is 0 Å². The highest BCUT2D eigenvalue weighted by Gasteiger charge is 2.48. The molecule has 1 aliphatic carbocycles. The van der Waals surface area contributed by atoms with E-state index in [0.717, 1.165) is 30.4 Å². The van der Waals surface area contributed by atoms with E-state index in [1.807, 2.05) is 56.3 Å². The molecule has 0 bridgehead atoms. The molecule has 3 unspecified atom stereocenters. The molecule has 3 atom stereocenters. The van der Waals surface area contributed by atoms with Gasteiger partial charge in [0.15, 0.2) is 0 Å². The predicted octanol–water partition coefficient (Wildman–Crippen LogP) is 5.50. The van der Waals surface area contributed by atoms with Crippen LogP contribution in [0.25, 0.3) is 0 Å². The zero-order chi connectivity index (χ0) is 22.9. The monoisotopic (exact) mass is 451 g/mol. The molecule has 0 saturated heterocycles. The first-order valence-electron chi connectivity index (χ1n) is 11.7. The van der Waals surface area contributed by atoms with Gasteiger partial charge in [-0.25, -0.2) is 8.42 Å². The first-order chi connectivity index (χ1) is 15.3. The largest absolute Gasteiger partial charge is 0.298 e. The van der Waals surface area contributed by atoms with Crippen molar-refractivity contribution in [1.29, 1.82) is 0 Å². The quantitative estimate of drug-likeness (QED) is 0.545. The molecule has 1 saturated carbocycles. The topological polar surface area (TPSA) is 54.5 Å². The highest BCUT2D eigenvalue weighted by Crippen LogP contribution is 2.49. The third-order valence-electron chi connectivity index (χ3n) is 7.14. The van der Waals surface area contributed by atoms with Crippen LogP contribution in [0.4, 0.5) is 0 Å². The summed E-state index contributed by atoms with van der Waals surface area (Å²) in [6, 6.07) is 17.1. The fourth-order valence-corrected chi connectivity index (χ4v) is 6.73. The molecule has 170 valence electrons. The van der Waals surface area contributed by atoms with Gasteiger partial charge in [-0.15, -0.1) is 0 Å². The van der Waals surface area contributed by atoms with Gasteiger partial charge in [0.25, 0.3) is 0 Å². The van der Waals surface area contributed by atoms with Crippen molar-refractivity contribution in [2.24, 2.45) is 11.8 Å². The molecule has 4 nitrogen and oxygen atoms in total. The molecule has 1 aliphatic heterocycles. The van der Waals surface area contributed by atoms with Crippen LogP contribution in [0.15, 0.2) is 70.6 Å². The van der Waals surface area contributed by atoms with Crippen molar-refractivity contribution >= 4 is 15.8 Å². The molecule has 0 N–H and O–H groups in total. The number of carbonyl (C=O) groups is 1. The van der Waals surface area contributed by atoms with Gasteiger partial charge in [0, 0.05) is 24.9 Å². The average molecular weight is 452 g/mol. The molecule has 0 amide bonds. The van der Waals surface area contributed by atoms with Crippen molar-refractivity contribution < 1.29 is 13.2 Å². The minimum atomic E-state index is -3.61. The number of nitrogens with zero attached hydrogens (tertiary/aromatic N) is 1. The van der Waals surface area contributed by atoms with Crippen molar-refractivity contribution in [3.8, 4) is 0 Å². The number of hydrogen-bond donors (Lipinski definition) is 0. The molecule has 2 aliphatic rings. The molecule has 2 aromatic carbocycles. The van der Waals surface area contributed by atoms with E-state index in [1.54, 1.807) is 16.4 Å². The Balaban J connectivity index is 1.75. The smallest absolute Gasteiger partial charge is 0.243 e. The summed E-state index contributed by atoms with van der Waals surface area (Å²) in [5, 5.41) is 0. The molecule has 4 rings (SSSR count). The summed E-state index contributed by atoms with van der Waals surface area (Å²) in [5.41, 5.74) is 4.56. The van der Waals surface area contributed by atoms with E-state index in [4.69, 9.17) is 0 Å². The van der Waals surface area contributed by atoms with E-state index in [-0.39, 0.29) is 23.5 Å². The lowest BCUT2D eigenvalue weighted by atomic mass is 9.84. The number of rotatable bonds is 6. The highest BCUT2D eigenvalue weighted by molar-refractivity contribution is 7.89. The van der Waals surface area contributed by atoms with Crippen LogP contribution in [0, 0.1) is 18.8 Å². The summed E-state index contributed by atoms with van der Waals surface area (Å²) in [5.74, 6) is -0.284. The average Bonchev–Trinajstić information content (AvgIpc) is 2.92. The third-order valence-corrected chi connectivity index (χ3v) is 9.02. The number of ketones is 1. The van der Waals surface area contributed by atoms with Crippen LogP contribution in [0.2, 0.25) is 0 Å². The Bertz CT molecular complexity index is 1100. The summed E-state index contributed by atoms with van der Waals surface area (Å²) in [7, 11) is -3.61. The lowest BCUT2D eigenvalue weighted by Crippen LogP contribution is -2.36. The van der Waals surface area contributed by atoms with Gasteiger partial charge < -0.3 is 0 Å². The number of unbranched alkanes of at least 4 members (excludes halogenated alkanes) is 1. The van der Waals surface area contributed by atoms with Gasteiger partial charge in [0.2, 0.25) is 10.0 Å². The van der Waals surface area contributed by atoms with Gasteiger partial charge in [0.1, 0.15) is 5.78 Å². The molecular formula is C27H33NO3S. The van der Waals surface area contributed by atoms with Gasteiger partial charge in [0.05, 0.1) is 10.8 Å². The van der Waals surface area contributed by atoms with E-state index in [2.05, 4.69) is 6.92 Å². The number of carbonyl (C=O) groups excluding carboxylic acids is 1. The highest BCUT2D eigenvalue weighted by atomic mass is 32.2. The zero-order valence-corrected chi connectivity index (χ0v) is 20.1. The molecule has 0 spiro atoms. The number of fused-ring (bicyclic) bond motifs is 1. The van der Waals surface area contributed by atoms with Gasteiger partial charge >= 0.3 is 0 Å². The zero-order valence-electron chi connectivity index (χ0n) is 19.3. The van der Waals surface area contributed by atoms with Crippen molar-refractivity contribution in [2.45, 2.75) is 57.3 Å². The Morgan fingerprint density at radius 2 is 1.72 bits per heavy atom. The van der Waals surface area contributed by atoms with Crippen molar-refractivity contribution in [2.75, 3.05) is 13.1 Å². The van der Waals surface area contributed by atoms with E-state index in [0.29, 0.717) is 24.4 Å². The van der Waals surface area contributed by atoms with Crippen LogP contribution in [0.5, 0.6) is 0 Å². The molecule has 1 heterocycles. The Kier molecular flexibility index (Phi) is 6.68. The molecule has 5 heteroatoms. The third kappa shape index (κ3) is 4.20. The SMILES string of the molecule is CCCCC1=C2C(c3ccccc3)C(=O)C(C)C2CN(S(=O)(=O)c2ccc(C)cc2)CC1. The van der Waals surface area contributed by atoms with E-state index in [1.165, 1.54) is 11.1 Å². The molecule has 2 aromatic rings. The Morgan fingerprint density at radius 1 is 1.03 bits per heavy atom. The maximum atomic E-state index is 13.5. The minimum absolute atomic E-state index is 0.0673. The summed E-state index contributed by atoms with van der Waals surface area (Å²) >= 11 is 0. The van der Waals surface area contributed by atoms with Crippen LogP contribution in [0.1, 0.15) is 56.6 Å². The van der Waals surface area contributed by atoms with Crippen molar-refractivity contribution in [1.82, 2.24) is 4.31 Å². The maximum Gasteiger partial charge on any atom is 0.243 e. The fraction of sp³-hybridized carbons (Fsp3) is 0.444. The number of sulfonamides is 1. The second-order valence-corrected chi connectivity index (χ2v) is 11.2. The predicted molar refractivity (Wildman–Crippen MR) is 128 cm³/mol. The van der Waals surface area contributed by atoms with Crippen LogP contribution >= 0.6 is 0 Å². The Hall–Kier alpha value is -2.24. The normalized spacial score (nSPS) is 24.5. The Morgan fingerprint density at radius 3 is 2.38 bits per heavy atom. The molecule has 1 fully saturated rings. The van der Waals surface area contributed by atoms with Crippen LogP contribution in [-0.4, -0.2) is 31.6 Å². The minimum Gasteiger partial charge on any atom is -0.298 e. The molecule has 0 aromatic heterocycles. The summed E-state index contributed by atoms with van der Waals surface area (Å²) in [6.45, 7) is 6.95. The summed E-state index contributed by atoms with van der Waals surface area (Å²) < 4.78 is 28.7.